The van der Waals surface area contributed by atoms with Crippen molar-refractivity contribution in [1.82, 2.24) is 0 Å². The number of fused-ring (bicyclic) bond motifs is 2. The lowest BCUT2D eigenvalue weighted by Gasteiger charge is -2.22. The number of esters is 1. The Morgan fingerprint density at radius 3 is 2.54 bits per heavy atom. The van der Waals surface area contributed by atoms with E-state index in [0.29, 0.717) is 47.6 Å². The van der Waals surface area contributed by atoms with Gasteiger partial charge in [-0.25, -0.2) is 0 Å². The molecule has 1 saturated heterocycles. The van der Waals surface area contributed by atoms with Crippen LogP contribution in [-0.2, 0) is 9.59 Å². The fourth-order valence-corrected chi connectivity index (χ4v) is 3.45. The van der Waals surface area contributed by atoms with Crippen LogP contribution in [0.3, 0.4) is 0 Å². The van der Waals surface area contributed by atoms with Gasteiger partial charge in [-0.1, -0.05) is 0 Å². The highest BCUT2D eigenvalue weighted by Crippen LogP contribution is 2.37. The van der Waals surface area contributed by atoms with Crippen molar-refractivity contribution < 1.29 is 33.3 Å². The zero-order chi connectivity index (χ0) is 19.1. The van der Waals surface area contributed by atoms with Crippen LogP contribution in [0.5, 0.6) is 28.7 Å². The third-order valence-electron chi connectivity index (χ3n) is 4.86. The number of carbonyl (C=O) groups is 2. The fraction of sp³-hybridized carbons (Fsp3) is 0.300. The van der Waals surface area contributed by atoms with Gasteiger partial charge in [0.25, 0.3) is 0 Å². The highest BCUT2D eigenvalue weighted by atomic mass is 16.7. The lowest BCUT2D eigenvalue weighted by Crippen LogP contribution is -2.27. The van der Waals surface area contributed by atoms with Gasteiger partial charge in [-0.2, -0.15) is 0 Å². The molecule has 0 radical (unpaired) electrons. The number of ether oxygens (including phenoxy) is 5. The molecule has 1 amide bonds. The van der Waals surface area contributed by atoms with E-state index < -0.39 is 11.9 Å². The van der Waals surface area contributed by atoms with Crippen LogP contribution in [-0.4, -0.2) is 38.4 Å². The third-order valence-corrected chi connectivity index (χ3v) is 4.86. The van der Waals surface area contributed by atoms with Crippen molar-refractivity contribution in [2.24, 2.45) is 5.92 Å². The molecular weight excluding hydrogens is 366 g/mol. The number of anilines is 1. The molecule has 5 rings (SSSR count). The van der Waals surface area contributed by atoms with E-state index in [-0.39, 0.29) is 25.7 Å². The first-order chi connectivity index (χ1) is 13.7. The van der Waals surface area contributed by atoms with Crippen LogP contribution < -0.4 is 28.6 Å². The van der Waals surface area contributed by atoms with Crippen molar-refractivity contribution in [1.29, 1.82) is 0 Å². The molecule has 3 aliphatic heterocycles. The number of hydrogen-bond donors (Lipinski definition) is 0. The molecule has 1 atom stereocenters. The average Bonchev–Trinajstić information content (AvgIpc) is 3.33. The summed E-state index contributed by atoms with van der Waals surface area (Å²) < 4.78 is 27.1. The van der Waals surface area contributed by atoms with E-state index in [9.17, 15) is 9.59 Å². The Morgan fingerprint density at radius 2 is 1.64 bits per heavy atom. The minimum atomic E-state index is -0.550. The van der Waals surface area contributed by atoms with E-state index in [1.165, 1.54) is 0 Å². The molecular formula is C20H17NO7. The third kappa shape index (κ3) is 2.96. The van der Waals surface area contributed by atoms with Crippen LogP contribution >= 0.6 is 0 Å². The van der Waals surface area contributed by atoms with E-state index in [1.54, 1.807) is 41.3 Å². The molecule has 2 aromatic rings. The molecule has 0 saturated carbocycles. The summed E-state index contributed by atoms with van der Waals surface area (Å²) >= 11 is 0. The van der Waals surface area contributed by atoms with Gasteiger partial charge in [-0.15, -0.1) is 0 Å². The quantitative estimate of drug-likeness (QED) is 0.593. The molecule has 0 unspecified atom stereocenters. The molecule has 8 heteroatoms. The minimum absolute atomic E-state index is 0.0951. The van der Waals surface area contributed by atoms with Crippen LogP contribution in [0.2, 0.25) is 0 Å². The Labute approximate surface area is 160 Å². The van der Waals surface area contributed by atoms with Gasteiger partial charge in [0.05, 0.1) is 5.92 Å². The SMILES string of the molecule is O=C(Oc1ccc2c(c1)OCO2)[C@@H]1CC(=O)N(c2ccc3c(c2)OCCO3)C1. The van der Waals surface area contributed by atoms with Gasteiger partial charge in [0, 0.05) is 30.8 Å². The summed E-state index contributed by atoms with van der Waals surface area (Å²) in [6, 6.07) is 10.3. The molecule has 2 aromatic carbocycles. The largest absolute Gasteiger partial charge is 0.486 e. The second kappa shape index (κ2) is 6.63. The second-order valence-corrected chi connectivity index (χ2v) is 6.67. The molecule has 28 heavy (non-hydrogen) atoms. The maximum absolute atomic E-state index is 12.6. The van der Waals surface area contributed by atoms with E-state index >= 15 is 0 Å². The van der Waals surface area contributed by atoms with Crippen LogP contribution in [0.15, 0.2) is 36.4 Å². The zero-order valence-corrected chi connectivity index (χ0v) is 14.9. The molecule has 0 spiro atoms. The fourth-order valence-electron chi connectivity index (χ4n) is 3.45. The second-order valence-electron chi connectivity index (χ2n) is 6.67. The summed E-state index contributed by atoms with van der Waals surface area (Å²) in [7, 11) is 0. The molecule has 3 heterocycles. The average molecular weight is 383 g/mol. The zero-order valence-electron chi connectivity index (χ0n) is 14.9. The smallest absolute Gasteiger partial charge is 0.316 e. The molecule has 1 fully saturated rings. The molecule has 0 bridgehead atoms. The van der Waals surface area contributed by atoms with E-state index in [1.807, 2.05) is 0 Å². The first-order valence-electron chi connectivity index (χ1n) is 8.99. The summed E-state index contributed by atoms with van der Waals surface area (Å²) in [4.78, 5) is 26.6. The number of benzene rings is 2. The Balaban J connectivity index is 1.29. The number of hydrogen-bond acceptors (Lipinski definition) is 7. The topological polar surface area (TPSA) is 83.5 Å². The van der Waals surface area contributed by atoms with Crippen LogP contribution in [0.25, 0.3) is 0 Å². The predicted molar refractivity (Wildman–Crippen MR) is 96.1 cm³/mol. The van der Waals surface area contributed by atoms with E-state index in [4.69, 9.17) is 23.7 Å². The van der Waals surface area contributed by atoms with E-state index in [2.05, 4.69) is 0 Å². The van der Waals surface area contributed by atoms with Gasteiger partial charge in [0.15, 0.2) is 23.0 Å². The van der Waals surface area contributed by atoms with Gasteiger partial charge in [0.2, 0.25) is 12.7 Å². The van der Waals surface area contributed by atoms with E-state index in [0.717, 1.165) is 0 Å². The Hall–Kier alpha value is -3.42. The molecule has 3 aliphatic rings. The Kier molecular flexibility index (Phi) is 3.96. The lowest BCUT2D eigenvalue weighted by molar-refractivity contribution is -0.139. The number of amides is 1. The summed E-state index contributed by atoms with van der Waals surface area (Å²) in [5.41, 5.74) is 0.674. The molecule has 144 valence electrons. The van der Waals surface area contributed by atoms with Gasteiger partial charge >= 0.3 is 5.97 Å². The van der Waals surface area contributed by atoms with Crippen molar-refractivity contribution in [3.05, 3.63) is 36.4 Å². The van der Waals surface area contributed by atoms with Gasteiger partial charge in [0.1, 0.15) is 19.0 Å². The predicted octanol–water partition coefficient (Wildman–Crippen LogP) is 2.14. The Bertz CT molecular complexity index is 958. The molecule has 0 aromatic heterocycles. The number of rotatable bonds is 3. The van der Waals surface area contributed by atoms with Crippen molar-refractivity contribution >= 4 is 17.6 Å². The maximum Gasteiger partial charge on any atom is 0.316 e. The van der Waals surface area contributed by atoms with Crippen molar-refractivity contribution in [2.75, 3.05) is 31.5 Å². The number of carbonyl (C=O) groups excluding carboxylic acids is 2. The molecule has 0 N–H and O–H groups in total. The monoisotopic (exact) mass is 383 g/mol. The first-order valence-corrected chi connectivity index (χ1v) is 8.99. The maximum atomic E-state index is 12.6. The van der Waals surface area contributed by atoms with Crippen LogP contribution in [0.1, 0.15) is 6.42 Å². The molecule has 8 nitrogen and oxygen atoms in total. The van der Waals surface area contributed by atoms with Crippen LogP contribution in [0.4, 0.5) is 5.69 Å². The highest BCUT2D eigenvalue weighted by molar-refractivity contribution is 6.00. The lowest BCUT2D eigenvalue weighted by atomic mass is 10.1. The van der Waals surface area contributed by atoms with Gasteiger partial charge in [-0.05, 0) is 24.3 Å². The summed E-state index contributed by atoms with van der Waals surface area (Å²) in [6.07, 6.45) is 0.0951. The van der Waals surface area contributed by atoms with Gasteiger partial charge in [-0.3, -0.25) is 9.59 Å². The van der Waals surface area contributed by atoms with Crippen molar-refractivity contribution in [3.63, 3.8) is 0 Å². The number of nitrogens with zero attached hydrogens (tertiary/aromatic N) is 1. The molecule has 0 aliphatic carbocycles. The summed E-state index contributed by atoms with van der Waals surface area (Å²) in [6.45, 7) is 1.37. The normalized spacial score (nSPS) is 19.6. The summed E-state index contributed by atoms with van der Waals surface area (Å²) in [5, 5.41) is 0. The first kappa shape index (κ1) is 16.7. The minimum Gasteiger partial charge on any atom is -0.486 e. The van der Waals surface area contributed by atoms with Crippen molar-refractivity contribution in [2.45, 2.75) is 6.42 Å². The van der Waals surface area contributed by atoms with Crippen LogP contribution in [0, 0.1) is 5.92 Å². The highest BCUT2D eigenvalue weighted by Gasteiger charge is 2.37. The Morgan fingerprint density at radius 1 is 0.929 bits per heavy atom. The van der Waals surface area contributed by atoms with Crippen molar-refractivity contribution in [3.8, 4) is 28.7 Å². The standard InChI is InChI=1S/C20H17NO7/c22-19-7-12(20(23)28-14-2-4-16-18(9-14)27-11-26-16)10-21(19)13-1-3-15-17(8-13)25-6-5-24-15/h1-4,8-9,12H,5-7,10-11H2/t12-/m1/s1. The summed E-state index contributed by atoms with van der Waals surface area (Å²) in [5.74, 6) is 1.62. The van der Waals surface area contributed by atoms with Gasteiger partial charge < -0.3 is 28.6 Å².